The van der Waals surface area contributed by atoms with Gasteiger partial charge in [-0.3, -0.25) is 14.7 Å². The minimum absolute atomic E-state index is 0.00133. The molecule has 3 N–H and O–H groups in total. The van der Waals surface area contributed by atoms with E-state index in [2.05, 4.69) is 15.2 Å². The lowest BCUT2D eigenvalue weighted by Gasteiger charge is -2.38. The number of aromatic nitrogens is 1. The van der Waals surface area contributed by atoms with Crippen LogP contribution in [0.3, 0.4) is 0 Å². The number of anilines is 1. The highest BCUT2D eigenvalue weighted by molar-refractivity contribution is 6.03. The van der Waals surface area contributed by atoms with Crippen LogP contribution in [-0.2, 0) is 16.1 Å². The third kappa shape index (κ3) is 6.23. The normalized spacial score (nSPS) is 24.2. The molecular weight excluding hydrogens is 470 g/mol. The summed E-state index contributed by atoms with van der Waals surface area (Å²) in [5, 5.41) is 22.1. The van der Waals surface area contributed by atoms with Crippen molar-refractivity contribution in [2.24, 2.45) is 0 Å². The van der Waals surface area contributed by atoms with Crippen LogP contribution in [0.2, 0.25) is 0 Å². The number of nitrogens with zero attached hydrogens (tertiary/aromatic N) is 2. The van der Waals surface area contributed by atoms with Crippen LogP contribution >= 0.6 is 0 Å². The fourth-order valence-corrected chi connectivity index (χ4v) is 5.06. The van der Waals surface area contributed by atoms with Crippen LogP contribution in [0.4, 0.5) is 5.69 Å². The van der Waals surface area contributed by atoms with Crippen molar-refractivity contribution in [2.45, 2.75) is 50.4 Å². The third-order valence-electron chi connectivity index (χ3n) is 7.13. The summed E-state index contributed by atoms with van der Waals surface area (Å²) in [6.45, 7) is 1.85. The number of rotatable bonds is 8. The van der Waals surface area contributed by atoms with Crippen molar-refractivity contribution < 1.29 is 24.5 Å². The molecule has 37 heavy (non-hydrogen) atoms. The number of aliphatic hydroxyl groups excluding tert-OH is 2. The molecule has 0 bridgehead atoms. The van der Waals surface area contributed by atoms with Gasteiger partial charge in [-0.1, -0.05) is 36.4 Å². The first kappa shape index (κ1) is 25.5. The summed E-state index contributed by atoms with van der Waals surface area (Å²) in [6.07, 6.45) is 5.13. The summed E-state index contributed by atoms with van der Waals surface area (Å²) in [7, 11) is 0. The molecule has 194 valence electrons. The van der Waals surface area contributed by atoms with E-state index in [9.17, 15) is 15.0 Å². The van der Waals surface area contributed by atoms with Crippen LogP contribution in [0.5, 0.6) is 0 Å². The first-order valence-corrected chi connectivity index (χ1v) is 12.8. The van der Waals surface area contributed by atoms with E-state index in [1.165, 1.54) is 6.20 Å². The van der Waals surface area contributed by atoms with Gasteiger partial charge in [-0.05, 0) is 54.8 Å². The second-order valence-corrected chi connectivity index (χ2v) is 9.64. The van der Waals surface area contributed by atoms with Crippen LogP contribution in [0.15, 0.2) is 73.1 Å². The highest BCUT2D eigenvalue weighted by Gasteiger charge is 2.35. The molecule has 5 rings (SSSR count). The molecule has 0 saturated carbocycles. The van der Waals surface area contributed by atoms with E-state index in [1.54, 1.807) is 18.3 Å². The number of likely N-dealkylation sites (tertiary alicyclic amines) is 1. The topological polar surface area (TPSA) is 104 Å². The fourth-order valence-electron chi connectivity index (χ4n) is 5.06. The maximum absolute atomic E-state index is 12.5. The first-order chi connectivity index (χ1) is 18.1. The van der Waals surface area contributed by atoms with Crippen LogP contribution in [0.1, 0.15) is 58.7 Å². The Labute approximate surface area is 216 Å². The number of pyridine rings is 1. The number of carbonyl (C=O) groups excluding carboxylic acids is 1. The van der Waals surface area contributed by atoms with E-state index >= 15 is 0 Å². The molecule has 1 amide bonds. The van der Waals surface area contributed by atoms with Crippen molar-refractivity contribution in [3.05, 3.63) is 95.3 Å². The predicted octanol–water partition coefficient (Wildman–Crippen LogP) is 3.83. The summed E-state index contributed by atoms with van der Waals surface area (Å²) in [4.78, 5) is 18.8. The van der Waals surface area contributed by atoms with E-state index in [0.717, 1.165) is 42.6 Å². The van der Waals surface area contributed by atoms with Gasteiger partial charge in [0, 0.05) is 42.7 Å². The molecular formula is C29H33N3O5. The summed E-state index contributed by atoms with van der Waals surface area (Å²) in [5.41, 5.74) is 3.92. The molecule has 2 aromatic carbocycles. The van der Waals surface area contributed by atoms with Crippen molar-refractivity contribution in [1.82, 2.24) is 9.88 Å². The van der Waals surface area contributed by atoms with Gasteiger partial charge in [0.25, 0.3) is 5.91 Å². The summed E-state index contributed by atoms with van der Waals surface area (Å²) < 4.78 is 12.9. The zero-order valence-electron chi connectivity index (χ0n) is 20.7. The Morgan fingerprint density at radius 3 is 2.51 bits per heavy atom. The molecule has 0 aliphatic carbocycles. The molecule has 2 saturated heterocycles. The van der Waals surface area contributed by atoms with Gasteiger partial charge < -0.3 is 25.0 Å². The molecule has 2 fully saturated rings. The van der Waals surface area contributed by atoms with Gasteiger partial charge in [-0.2, -0.15) is 0 Å². The largest absolute Gasteiger partial charge is 0.395 e. The molecule has 2 aliphatic rings. The molecule has 2 aliphatic heterocycles. The highest BCUT2D eigenvalue weighted by Crippen LogP contribution is 2.39. The van der Waals surface area contributed by atoms with Crippen LogP contribution in [-0.4, -0.2) is 57.8 Å². The van der Waals surface area contributed by atoms with Gasteiger partial charge in [0.15, 0.2) is 6.29 Å². The average molecular weight is 504 g/mol. The fraction of sp³-hybridized carbons (Fsp3) is 0.379. The zero-order chi connectivity index (χ0) is 25.6. The minimum atomic E-state index is -0.570. The van der Waals surface area contributed by atoms with Gasteiger partial charge in [0.1, 0.15) is 0 Å². The lowest BCUT2D eigenvalue weighted by Crippen LogP contribution is -2.42. The molecule has 8 heteroatoms. The second kappa shape index (κ2) is 11.9. The Morgan fingerprint density at radius 2 is 1.81 bits per heavy atom. The number of hydrogen-bond donors (Lipinski definition) is 3. The average Bonchev–Trinajstić information content (AvgIpc) is 3.40. The van der Waals surface area contributed by atoms with E-state index in [-0.39, 0.29) is 37.4 Å². The van der Waals surface area contributed by atoms with Gasteiger partial charge in [0.2, 0.25) is 0 Å². The Bertz CT molecular complexity index is 1160. The summed E-state index contributed by atoms with van der Waals surface area (Å²) in [6, 6.07) is 18.9. The quantitative estimate of drug-likeness (QED) is 0.429. The number of carbonyl (C=O) groups is 1. The van der Waals surface area contributed by atoms with Gasteiger partial charge in [-0.25, -0.2) is 0 Å². The highest BCUT2D eigenvalue weighted by atomic mass is 16.7. The van der Waals surface area contributed by atoms with Crippen LogP contribution in [0, 0.1) is 0 Å². The molecule has 3 heterocycles. The lowest BCUT2D eigenvalue weighted by molar-refractivity contribution is -0.253. The molecule has 4 atom stereocenters. The molecule has 0 radical (unpaired) electrons. The zero-order valence-corrected chi connectivity index (χ0v) is 20.7. The number of aliphatic hydroxyl groups is 2. The molecule has 3 aromatic rings. The molecule has 8 nitrogen and oxygen atoms in total. The van der Waals surface area contributed by atoms with Gasteiger partial charge >= 0.3 is 0 Å². The van der Waals surface area contributed by atoms with E-state index in [1.807, 2.05) is 48.5 Å². The number of benzene rings is 2. The number of hydrogen-bond acceptors (Lipinski definition) is 7. The standard InChI is InChI=1S/C29H33N3O5/c33-18-20-5-7-21(8-6-20)27-15-26(17-32-14-2-4-25(32)19-34)36-29(37-27)22-9-11-24(12-10-22)31-28(35)23-3-1-13-30-16-23/h1,3,5-13,16,25-27,29,33-34H,2,4,14-15,17-19H2,(H,31,35)/t25-,26-,27+,29+/m0/s1. The number of ether oxygens (including phenoxy) is 2. The predicted molar refractivity (Wildman–Crippen MR) is 139 cm³/mol. The van der Waals surface area contributed by atoms with E-state index in [4.69, 9.17) is 9.47 Å². The summed E-state index contributed by atoms with van der Waals surface area (Å²) in [5.74, 6) is -0.221. The first-order valence-electron chi connectivity index (χ1n) is 12.8. The Morgan fingerprint density at radius 1 is 1.03 bits per heavy atom. The van der Waals surface area contributed by atoms with Crippen LogP contribution in [0.25, 0.3) is 0 Å². The van der Waals surface area contributed by atoms with Gasteiger partial charge in [-0.15, -0.1) is 0 Å². The van der Waals surface area contributed by atoms with Gasteiger partial charge in [0.05, 0.1) is 31.0 Å². The van der Waals surface area contributed by atoms with Crippen molar-refractivity contribution in [1.29, 1.82) is 0 Å². The minimum Gasteiger partial charge on any atom is -0.395 e. The van der Waals surface area contributed by atoms with Crippen molar-refractivity contribution in [2.75, 3.05) is 25.0 Å². The maximum atomic E-state index is 12.5. The Kier molecular flexibility index (Phi) is 8.23. The lowest BCUT2D eigenvalue weighted by atomic mass is 9.99. The van der Waals surface area contributed by atoms with Crippen LogP contribution < -0.4 is 5.32 Å². The molecule has 0 unspecified atom stereocenters. The monoisotopic (exact) mass is 503 g/mol. The van der Waals surface area contributed by atoms with Crippen molar-refractivity contribution in [3.8, 4) is 0 Å². The van der Waals surface area contributed by atoms with Crippen molar-refractivity contribution >= 4 is 11.6 Å². The van der Waals surface area contributed by atoms with Crippen molar-refractivity contribution in [3.63, 3.8) is 0 Å². The molecule has 1 aromatic heterocycles. The molecule has 0 spiro atoms. The Balaban J connectivity index is 1.32. The third-order valence-corrected chi connectivity index (χ3v) is 7.13. The second-order valence-electron chi connectivity index (χ2n) is 9.64. The van der Waals surface area contributed by atoms with E-state index < -0.39 is 6.29 Å². The van der Waals surface area contributed by atoms with E-state index in [0.29, 0.717) is 17.7 Å². The maximum Gasteiger partial charge on any atom is 0.257 e. The number of amides is 1. The Hall–Kier alpha value is -3.14. The SMILES string of the molecule is O=C(Nc1ccc([C@@H]2O[C@H](CN3CCC[C@H]3CO)C[C@H](c3ccc(CO)cc3)O2)cc1)c1cccnc1. The smallest absolute Gasteiger partial charge is 0.257 e. The number of nitrogens with one attached hydrogen (secondary N) is 1. The summed E-state index contributed by atoms with van der Waals surface area (Å²) >= 11 is 0.